The first-order chi connectivity index (χ1) is 10.4. The number of nitrogens with zero attached hydrogens (tertiary/aromatic N) is 2. The highest BCUT2D eigenvalue weighted by Crippen LogP contribution is 2.29. The molecule has 1 unspecified atom stereocenters. The first-order valence-corrected chi connectivity index (χ1v) is 8.84. The summed E-state index contributed by atoms with van der Waals surface area (Å²) in [6, 6.07) is 1.45. The lowest BCUT2D eigenvalue weighted by atomic mass is 10.2. The van der Waals surface area contributed by atoms with Crippen molar-refractivity contribution in [3.63, 3.8) is 0 Å². The van der Waals surface area contributed by atoms with E-state index < -0.39 is 5.60 Å². The van der Waals surface area contributed by atoms with Gasteiger partial charge in [-0.05, 0) is 46.5 Å². The number of hydrogen-bond donors (Lipinski definition) is 1. The Morgan fingerprint density at radius 2 is 2.00 bits per heavy atom. The van der Waals surface area contributed by atoms with Crippen molar-refractivity contribution in [3.8, 4) is 0 Å². The van der Waals surface area contributed by atoms with Crippen molar-refractivity contribution in [2.45, 2.75) is 71.1 Å². The van der Waals surface area contributed by atoms with Gasteiger partial charge in [0.1, 0.15) is 5.60 Å². The fourth-order valence-electron chi connectivity index (χ4n) is 3.02. The van der Waals surface area contributed by atoms with E-state index in [9.17, 15) is 4.79 Å². The van der Waals surface area contributed by atoms with E-state index >= 15 is 0 Å². The molecule has 1 atom stereocenters. The van der Waals surface area contributed by atoms with Gasteiger partial charge >= 0.3 is 6.09 Å². The summed E-state index contributed by atoms with van der Waals surface area (Å²) < 4.78 is 5.48. The lowest BCUT2D eigenvalue weighted by Gasteiger charge is -2.27. The Hall–Kier alpha value is -0.810. The predicted molar refractivity (Wildman–Crippen MR) is 89.1 cm³/mol. The number of rotatable bonds is 7. The summed E-state index contributed by atoms with van der Waals surface area (Å²) in [5, 5.41) is 3.61. The molecule has 1 heterocycles. The predicted octanol–water partition coefficient (Wildman–Crippen LogP) is 2.46. The maximum absolute atomic E-state index is 12.2. The minimum Gasteiger partial charge on any atom is -0.444 e. The highest BCUT2D eigenvalue weighted by atomic mass is 16.6. The lowest BCUT2D eigenvalue weighted by Crippen LogP contribution is -2.43. The smallest absolute Gasteiger partial charge is 0.410 e. The van der Waals surface area contributed by atoms with Crippen LogP contribution in [0.25, 0.3) is 0 Å². The van der Waals surface area contributed by atoms with Crippen LogP contribution >= 0.6 is 0 Å². The number of amides is 1. The highest BCUT2D eigenvalue weighted by Gasteiger charge is 2.34. The molecule has 22 heavy (non-hydrogen) atoms. The largest absolute Gasteiger partial charge is 0.444 e. The Balaban J connectivity index is 1.68. The van der Waals surface area contributed by atoms with Gasteiger partial charge in [0.15, 0.2) is 0 Å². The third kappa shape index (κ3) is 5.76. The minimum absolute atomic E-state index is 0.192. The Bertz CT molecular complexity index is 363. The van der Waals surface area contributed by atoms with Gasteiger partial charge in [-0.25, -0.2) is 4.79 Å². The van der Waals surface area contributed by atoms with Crippen LogP contribution in [0.3, 0.4) is 0 Å². The number of hydrogen-bond acceptors (Lipinski definition) is 4. The van der Waals surface area contributed by atoms with Crippen molar-refractivity contribution in [1.82, 2.24) is 15.1 Å². The molecule has 1 aliphatic heterocycles. The quantitative estimate of drug-likeness (QED) is 0.784. The van der Waals surface area contributed by atoms with Crippen molar-refractivity contribution in [3.05, 3.63) is 0 Å². The number of likely N-dealkylation sites (tertiary alicyclic amines) is 1. The monoisotopic (exact) mass is 311 g/mol. The summed E-state index contributed by atoms with van der Waals surface area (Å²) >= 11 is 0. The Kier molecular flexibility index (Phi) is 6.09. The van der Waals surface area contributed by atoms with E-state index in [2.05, 4.69) is 17.1 Å². The molecule has 2 aliphatic rings. The summed E-state index contributed by atoms with van der Waals surface area (Å²) in [4.78, 5) is 16.6. The average molecular weight is 311 g/mol. The molecular formula is C17H33N3O2. The van der Waals surface area contributed by atoms with Crippen molar-refractivity contribution in [2.75, 3.05) is 32.7 Å². The van der Waals surface area contributed by atoms with Crippen molar-refractivity contribution >= 4 is 6.09 Å². The molecule has 2 fully saturated rings. The topological polar surface area (TPSA) is 44.8 Å². The van der Waals surface area contributed by atoms with E-state index in [0.717, 1.165) is 32.1 Å². The van der Waals surface area contributed by atoms with E-state index in [-0.39, 0.29) is 6.09 Å². The number of carbonyl (C=O) groups is 1. The van der Waals surface area contributed by atoms with E-state index in [4.69, 9.17) is 4.74 Å². The summed E-state index contributed by atoms with van der Waals surface area (Å²) in [7, 11) is 0. The van der Waals surface area contributed by atoms with Gasteiger partial charge in [0.2, 0.25) is 0 Å². The summed E-state index contributed by atoms with van der Waals surface area (Å²) in [6.07, 6.45) is 4.77. The number of ether oxygens (including phenoxy) is 1. The second kappa shape index (κ2) is 7.64. The van der Waals surface area contributed by atoms with Crippen molar-refractivity contribution < 1.29 is 9.53 Å². The van der Waals surface area contributed by atoms with E-state index in [1.165, 1.54) is 32.4 Å². The van der Waals surface area contributed by atoms with Gasteiger partial charge in [-0.1, -0.05) is 6.92 Å². The van der Waals surface area contributed by atoms with Gasteiger partial charge < -0.3 is 15.0 Å². The number of nitrogens with one attached hydrogen (secondary N) is 1. The molecule has 0 aromatic heterocycles. The summed E-state index contributed by atoms with van der Waals surface area (Å²) in [5.74, 6) is 0. The molecule has 1 saturated carbocycles. The molecule has 0 spiro atoms. The van der Waals surface area contributed by atoms with E-state index in [1.54, 1.807) is 0 Å². The third-order valence-corrected chi connectivity index (χ3v) is 4.24. The van der Waals surface area contributed by atoms with Crippen LogP contribution in [0.1, 0.15) is 53.4 Å². The third-order valence-electron chi connectivity index (χ3n) is 4.24. The van der Waals surface area contributed by atoms with E-state index in [1.807, 2.05) is 25.7 Å². The van der Waals surface area contributed by atoms with Crippen LogP contribution in [0.2, 0.25) is 0 Å². The SMILES string of the molecule is CCCN(CCNC1CCN(C2CC2)C1)C(=O)OC(C)(C)C. The molecule has 5 heteroatoms. The van der Waals surface area contributed by atoms with Gasteiger partial charge in [0, 0.05) is 44.8 Å². The van der Waals surface area contributed by atoms with Crippen LogP contribution in [0.15, 0.2) is 0 Å². The molecule has 1 saturated heterocycles. The normalized spacial score (nSPS) is 22.8. The summed E-state index contributed by atoms with van der Waals surface area (Å²) in [5.41, 5.74) is -0.424. The number of carbonyl (C=O) groups excluding carboxylic acids is 1. The maximum Gasteiger partial charge on any atom is 0.410 e. The molecule has 0 aromatic carbocycles. The van der Waals surface area contributed by atoms with Crippen LogP contribution in [0.4, 0.5) is 4.79 Å². The molecule has 1 amide bonds. The van der Waals surface area contributed by atoms with Crippen LogP contribution in [-0.2, 0) is 4.74 Å². The van der Waals surface area contributed by atoms with Crippen LogP contribution in [0, 0.1) is 0 Å². The van der Waals surface area contributed by atoms with Gasteiger partial charge in [-0.15, -0.1) is 0 Å². The van der Waals surface area contributed by atoms with Crippen molar-refractivity contribution in [2.24, 2.45) is 0 Å². The molecule has 128 valence electrons. The summed E-state index contributed by atoms with van der Waals surface area (Å²) in [6.45, 7) is 12.6. The Morgan fingerprint density at radius 3 is 2.59 bits per heavy atom. The zero-order valence-electron chi connectivity index (χ0n) is 14.7. The zero-order valence-corrected chi connectivity index (χ0v) is 14.7. The average Bonchev–Trinajstić information content (AvgIpc) is 3.16. The first kappa shape index (κ1) is 17.5. The van der Waals surface area contributed by atoms with Gasteiger partial charge in [-0.3, -0.25) is 4.90 Å². The molecule has 1 N–H and O–H groups in total. The molecule has 1 aliphatic carbocycles. The van der Waals surface area contributed by atoms with Crippen LogP contribution in [-0.4, -0.2) is 66.3 Å². The van der Waals surface area contributed by atoms with Gasteiger partial charge in [-0.2, -0.15) is 0 Å². The Labute approximate surface area is 135 Å². The minimum atomic E-state index is -0.424. The van der Waals surface area contributed by atoms with Gasteiger partial charge in [0.25, 0.3) is 0 Å². The molecule has 0 aromatic rings. The molecule has 0 bridgehead atoms. The van der Waals surface area contributed by atoms with E-state index in [0.29, 0.717) is 6.04 Å². The van der Waals surface area contributed by atoms with Crippen molar-refractivity contribution in [1.29, 1.82) is 0 Å². The standard InChI is InChI=1S/C17H33N3O2/c1-5-10-19(16(21)22-17(2,3)4)12-9-18-14-8-11-20(13-14)15-6-7-15/h14-15,18H,5-13H2,1-4H3. The molecule has 2 rings (SSSR count). The highest BCUT2D eigenvalue weighted by molar-refractivity contribution is 5.68. The fourth-order valence-corrected chi connectivity index (χ4v) is 3.02. The van der Waals surface area contributed by atoms with Gasteiger partial charge in [0.05, 0.1) is 0 Å². The zero-order chi connectivity index (χ0) is 16.2. The first-order valence-electron chi connectivity index (χ1n) is 8.84. The lowest BCUT2D eigenvalue weighted by molar-refractivity contribution is 0.0251. The second-order valence-corrected chi connectivity index (χ2v) is 7.63. The Morgan fingerprint density at radius 1 is 1.27 bits per heavy atom. The van der Waals surface area contributed by atoms with Crippen LogP contribution < -0.4 is 5.32 Å². The maximum atomic E-state index is 12.2. The molecule has 0 radical (unpaired) electrons. The molecule has 5 nitrogen and oxygen atoms in total. The van der Waals surface area contributed by atoms with Crippen LogP contribution in [0.5, 0.6) is 0 Å². The second-order valence-electron chi connectivity index (χ2n) is 7.63. The fraction of sp³-hybridized carbons (Fsp3) is 0.941. The molecular weight excluding hydrogens is 278 g/mol.